The lowest BCUT2D eigenvalue weighted by Gasteiger charge is -2.40. The second kappa shape index (κ2) is 12.3. The first-order valence-electron chi connectivity index (χ1n) is 10.1. The first kappa shape index (κ1) is 23.0. The number of hydrazone groups is 1. The molecular formula is C20H35N5O2. The summed E-state index contributed by atoms with van der Waals surface area (Å²) in [5.74, 6) is 0. The van der Waals surface area contributed by atoms with E-state index >= 15 is 0 Å². The summed E-state index contributed by atoms with van der Waals surface area (Å²) in [5.41, 5.74) is 0.355. The Balaban J connectivity index is 0.00000176. The van der Waals surface area contributed by atoms with Crippen LogP contribution in [0, 0.1) is 11.3 Å². The van der Waals surface area contributed by atoms with E-state index in [0.717, 1.165) is 58.3 Å². The number of nitrogens with zero attached hydrogens (tertiary/aromatic N) is 5. The lowest BCUT2D eigenvalue weighted by Crippen LogP contribution is -2.46. The van der Waals surface area contributed by atoms with Crippen molar-refractivity contribution in [3.63, 3.8) is 0 Å². The van der Waals surface area contributed by atoms with Crippen LogP contribution in [0.2, 0.25) is 0 Å². The Morgan fingerprint density at radius 1 is 1.22 bits per heavy atom. The number of likely N-dealkylation sites (tertiary alicyclic amines) is 2. The van der Waals surface area contributed by atoms with Gasteiger partial charge in [0, 0.05) is 38.9 Å². The SMILES string of the molecule is C=NN(C(=C)C#N)C1CCN(C2CCCN(C(=O)OCC)CC2)CC1.CC. The standard InChI is InChI=1S/C18H29N5O2.C2H6/c1-4-25-18(24)22-10-5-6-16(7-13-22)21-11-8-17(9-12-21)23(20-3)15(2)14-19;1-2/h16-17H,2-13H2,1H3;1-2H3. The zero-order chi connectivity index (χ0) is 20.2. The van der Waals surface area contributed by atoms with Gasteiger partial charge in [0.05, 0.1) is 12.6 Å². The molecule has 7 nitrogen and oxygen atoms in total. The lowest BCUT2D eigenvalue weighted by molar-refractivity contribution is 0.0930. The minimum atomic E-state index is -0.190. The quantitative estimate of drug-likeness (QED) is 0.417. The highest BCUT2D eigenvalue weighted by molar-refractivity contribution is 5.67. The van der Waals surface area contributed by atoms with Gasteiger partial charge in [0.2, 0.25) is 0 Å². The molecular weight excluding hydrogens is 342 g/mol. The lowest BCUT2D eigenvalue weighted by atomic mass is 9.99. The highest BCUT2D eigenvalue weighted by Gasteiger charge is 2.30. The number of nitriles is 1. The second-order valence-electron chi connectivity index (χ2n) is 6.58. The molecule has 27 heavy (non-hydrogen) atoms. The summed E-state index contributed by atoms with van der Waals surface area (Å²) in [5, 5.41) is 14.7. The smallest absolute Gasteiger partial charge is 0.409 e. The number of piperidine rings is 1. The van der Waals surface area contributed by atoms with Gasteiger partial charge < -0.3 is 14.5 Å². The van der Waals surface area contributed by atoms with E-state index < -0.39 is 0 Å². The fourth-order valence-electron chi connectivity index (χ4n) is 3.81. The van der Waals surface area contributed by atoms with Crippen LogP contribution in [0.5, 0.6) is 0 Å². The van der Waals surface area contributed by atoms with E-state index in [9.17, 15) is 4.79 Å². The molecule has 2 saturated heterocycles. The van der Waals surface area contributed by atoms with Crippen molar-refractivity contribution in [3.8, 4) is 6.07 Å². The molecule has 0 spiro atoms. The predicted molar refractivity (Wildman–Crippen MR) is 108 cm³/mol. The molecule has 1 atom stereocenters. The molecule has 0 aliphatic carbocycles. The van der Waals surface area contributed by atoms with E-state index in [1.165, 1.54) is 0 Å². The zero-order valence-corrected chi connectivity index (χ0v) is 17.2. The van der Waals surface area contributed by atoms with E-state index in [1.807, 2.05) is 25.7 Å². The van der Waals surface area contributed by atoms with Gasteiger partial charge in [0.15, 0.2) is 0 Å². The number of rotatable bonds is 5. The van der Waals surface area contributed by atoms with Gasteiger partial charge >= 0.3 is 6.09 Å². The molecule has 0 aromatic rings. The maximum Gasteiger partial charge on any atom is 0.409 e. The van der Waals surface area contributed by atoms with Crippen molar-refractivity contribution in [2.45, 2.75) is 65.0 Å². The van der Waals surface area contributed by atoms with Crippen molar-refractivity contribution in [2.75, 3.05) is 32.8 Å². The largest absolute Gasteiger partial charge is 0.450 e. The molecule has 1 amide bonds. The maximum atomic E-state index is 11.9. The van der Waals surface area contributed by atoms with Crippen molar-refractivity contribution in [1.82, 2.24) is 14.8 Å². The Morgan fingerprint density at radius 3 is 2.44 bits per heavy atom. The first-order valence-corrected chi connectivity index (χ1v) is 10.1. The van der Waals surface area contributed by atoms with Crippen LogP contribution in [0.4, 0.5) is 4.79 Å². The number of hydrogen-bond acceptors (Lipinski definition) is 6. The molecule has 0 aromatic heterocycles. The van der Waals surface area contributed by atoms with Gasteiger partial charge in [-0.1, -0.05) is 20.4 Å². The molecule has 2 fully saturated rings. The molecule has 7 heteroatoms. The summed E-state index contributed by atoms with van der Waals surface area (Å²) in [6, 6.07) is 2.76. The average molecular weight is 378 g/mol. The number of amides is 1. The monoisotopic (exact) mass is 377 g/mol. The fourth-order valence-corrected chi connectivity index (χ4v) is 3.81. The van der Waals surface area contributed by atoms with Crippen molar-refractivity contribution in [3.05, 3.63) is 12.3 Å². The van der Waals surface area contributed by atoms with Crippen molar-refractivity contribution in [2.24, 2.45) is 5.10 Å². The molecule has 1 unspecified atom stereocenters. The van der Waals surface area contributed by atoms with Crippen LogP contribution in [-0.2, 0) is 4.74 Å². The molecule has 0 saturated carbocycles. The van der Waals surface area contributed by atoms with Crippen LogP contribution in [-0.4, -0.2) is 72.5 Å². The van der Waals surface area contributed by atoms with E-state index in [1.54, 1.807) is 5.01 Å². The van der Waals surface area contributed by atoms with E-state index in [0.29, 0.717) is 18.3 Å². The van der Waals surface area contributed by atoms with Gasteiger partial charge in [-0.3, -0.25) is 5.01 Å². The molecule has 0 N–H and O–H groups in total. The third-order valence-corrected chi connectivity index (χ3v) is 5.14. The topological polar surface area (TPSA) is 72.2 Å². The molecule has 2 aliphatic rings. The highest BCUT2D eigenvalue weighted by atomic mass is 16.6. The van der Waals surface area contributed by atoms with Crippen molar-refractivity contribution in [1.29, 1.82) is 5.26 Å². The van der Waals surface area contributed by atoms with Gasteiger partial charge in [0.1, 0.15) is 11.8 Å². The number of ether oxygens (including phenoxy) is 1. The zero-order valence-electron chi connectivity index (χ0n) is 17.2. The maximum absolute atomic E-state index is 11.9. The van der Waals surface area contributed by atoms with Crippen LogP contribution in [0.25, 0.3) is 0 Å². The van der Waals surface area contributed by atoms with Crippen LogP contribution >= 0.6 is 0 Å². The predicted octanol–water partition coefficient (Wildman–Crippen LogP) is 3.44. The van der Waals surface area contributed by atoms with E-state index in [4.69, 9.17) is 10.00 Å². The van der Waals surface area contributed by atoms with Gasteiger partial charge in [-0.2, -0.15) is 10.4 Å². The molecule has 2 heterocycles. The Morgan fingerprint density at radius 2 is 1.89 bits per heavy atom. The number of allylic oxidation sites excluding steroid dienone is 1. The van der Waals surface area contributed by atoms with Crippen LogP contribution in [0.3, 0.4) is 0 Å². The van der Waals surface area contributed by atoms with E-state index in [-0.39, 0.29) is 12.1 Å². The Bertz CT molecular complexity index is 523. The number of carbonyl (C=O) groups is 1. The second-order valence-corrected chi connectivity index (χ2v) is 6.58. The Labute approximate surface area is 164 Å². The minimum Gasteiger partial charge on any atom is -0.450 e. The summed E-state index contributed by atoms with van der Waals surface area (Å²) in [4.78, 5) is 16.3. The summed E-state index contributed by atoms with van der Waals surface area (Å²) >= 11 is 0. The van der Waals surface area contributed by atoms with Crippen molar-refractivity contribution < 1.29 is 9.53 Å². The Kier molecular flexibility index (Phi) is 10.5. The van der Waals surface area contributed by atoms with Crippen LogP contribution in [0.1, 0.15) is 52.9 Å². The summed E-state index contributed by atoms with van der Waals surface area (Å²) in [6.07, 6.45) is 4.79. The van der Waals surface area contributed by atoms with Gasteiger partial charge in [-0.15, -0.1) is 0 Å². The molecule has 0 radical (unpaired) electrons. The van der Waals surface area contributed by atoms with Crippen LogP contribution < -0.4 is 0 Å². The third kappa shape index (κ3) is 6.55. The Hall–Kier alpha value is -2.07. The minimum absolute atomic E-state index is 0.190. The molecule has 0 aromatic carbocycles. The molecule has 0 bridgehead atoms. The molecule has 2 aliphatic heterocycles. The number of hydrogen-bond donors (Lipinski definition) is 0. The summed E-state index contributed by atoms with van der Waals surface area (Å²) in [7, 11) is 0. The fraction of sp³-hybridized carbons (Fsp3) is 0.750. The molecule has 152 valence electrons. The molecule has 2 rings (SSSR count). The normalized spacial score (nSPS) is 21.1. The van der Waals surface area contributed by atoms with E-state index in [2.05, 4.69) is 29.4 Å². The highest BCUT2D eigenvalue weighted by Crippen LogP contribution is 2.25. The summed E-state index contributed by atoms with van der Waals surface area (Å²) in [6.45, 7) is 17.1. The van der Waals surface area contributed by atoms with Gasteiger partial charge in [0.25, 0.3) is 0 Å². The third-order valence-electron chi connectivity index (χ3n) is 5.14. The first-order chi connectivity index (χ1) is 13.1. The summed E-state index contributed by atoms with van der Waals surface area (Å²) < 4.78 is 5.12. The van der Waals surface area contributed by atoms with Crippen molar-refractivity contribution >= 4 is 12.8 Å². The average Bonchev–Trinajstić information content (AvgIpc) is 2.97. The van der Waals surface area contributed by atoms with Gasteiger partial charge in [-0.25, -0.2) is 4.79 Å². The van der Waals surface area contributed by atoms with Gasteiger partial charge in [-0.05, 0) is 39.0 Å². The van der Waals surface area contributed by atoms with Crippen LogP contribution in [0.15, 0.2) is 17.4 Å². The number of carbonyl (C=O) groups excluding carboxylic acids is 1.